The molecule has 76 valence electrons. The molecule has 4 nitrogen and oxygen atoms in total. The van der Waals surface area contributed by atoms with E-state index in [9.17, 15) is 18.0 Å². The van der Waals surface area contributed by atoms with Gasteiger partial charge in [0.25, 0.3) is 5.91 Å². The largest absolute Gasteiger partial charge is 0.433 e. The third-order valence-corrected chi connectivity index (χ3v) is 1.45. The molecule has 0 unspecified atom stereocenters. The highest BCUT2D eigenvalue weighted by Crippen LogP contribution is 2.26. The number of carbonyl (C=O) groups is 1. The summed E-state index contributed by atoms with van der Waals surface area (Å²) in [5.74, 6) is 4.09. The van der Waals surface area contributed by atoms with Crippen LogP contribution in [-0.2, 0) is 6.18 Å². The molecule has 7 heteroatoms. The highest BCUT2D eigenvalue weighted by atomic mass is 19.4. The van der Waals surface area contributed by atoms with Crippen molar-refractivity contribution in [2.24, 2.45) is 5.84 Å². The minimum absolute atomic E-state index is 0.0273. The number of hydrogen-bond acceptors (Lipinski definition) is 3. The molecule has 1 heterocycles. The first-order chi connectivity index (χ1) is 6.45. The van der Waals surface area contributed by atoms with Crippen LogP contribution >= 0.6 is 0 Å². The number of nitrogens with two attached hydrogens (primary N) is 1. The number of carbonyl (C=O) groups excluding carboxylic acids is 1. The van der Waals surface area contributed by atoms with Gasteiger partial charge in [-0.3, -0.25) is 15.2 Å². The zero-order valence-electron chi connectivity index (χ0n) is 6.80. The van der Waals surface area contributed by atoms with Gasteiger partial charge in [0.15, 0.2) is 0 Å². The van der Waals surface area contributed by atoms with Gasteiger partial charge in [-0.2, -0.15) is 13.2 Å². The number of nitrogens with zero attached hydrogens (tertiary/aromatic N) is 1. The number of halogens is 3. The standard InChI is InChI=1S/C7H6F3N3O/c8-7(9,10)5-2-1-4(3-12-5)6(14)13-11/h1-3H,11H2,(H,13,14). The Balaban J connectivity index is 2.95. The number of aromatic nitrogens is 1. The van der Waals surface area contributed by atoms with Gasteiger partial charge < -0.3 is 0 Å². The molecule has 1 aromatic rings. The highest BCUT2D eigenvalue weighted by molar-refractivity contribution is 5.93. The lowest BCUT2D eigenvalue weighted by Gasteiger charge is -2.05. The summed E-state index contributed by atoms with van der Waals surface area (Å²) in [6.07, 6.45) is -3.69. The first kappa shape index (κ1) is 10.5. The molecule has 1 amide bonds. The van der Waals surface area contributed by atoms with Crippen LogP contribution < -0.4 is 11.3 Å². The molecule has 0 bridgehead atoms. The van der Waals surface area contributed by atoms with Crippen molar-refractivity contribution < 1.29 is 18.0 Å². The summed E-state index contributed by atoms with van der Waals surface area (Å²) in [7, 11) is 0. The van der Waals surface area contributed by atoms with Crippen LogP contribution in [0.2, 0.25) is 0 Å². The van der Waals surface area contributed by atoms with Crippen LogP contribution in [0.5, 0.6) is 0 Å². The monoisotopic (exact) mass is 205 g/mol. The van der Waals surface area contributed by atoms with Crippen LogP contribution in [0.15, 0.2) is 18.3 Å². The van der Waals surface area contributed by atoms with E-state index in [1.807, 2.05) is 0 Å². The first-order valence-corrected chi connectivity index (χ1v) is 3.49. The topological polar surface area (TPSA) is 68.0 Å². The van der Waals surface area contributed by atoms with E-state index in [0.29, 0.717) is 6.07 Å². The van der Waals surface area contributed by atoms with E-state index in [1.54, 1.807) is 5.43 Å². The quantitative estimate of drug-likeness (QED) is 0.403. The maximum atomic E-state index is 12.0. The molecule has 14 heavy (non-hydrogen) atoms. The third kappa shape index (κ3) is 2.19. The van der Waals surface area contributed by atoms with E-state index in [0.717, 1.165) is 12.3 Å². The van der Waals surface area contributed by atoms with E-state index in [1.165, 1.54) is 0 Å². The highest BCUT2D eigenvalue weighted by Gasteiger charge is 2.32. The summed E-state index contributed by atoms with van der Waals surface area (Å²) >= 11 is 0. The predicted octanol–water partition coefficient (Wildman–Crippen LogP) is 0.704. The van der Waals surface area contributed by atoms with Gasteiger partial charge in [0.2, 0.25) is 0 Å². The van der Waals surface area contributed by atoms with Crippen LogP contribution in [0.25, 0.3) is 0 Å². The summed E-state index contributed by atoms with van der Waals surface area (Å²) < 4.78 is 36.0. The Morgan fingerprint density at radius 1 is 1.43 bits per heavy atom. The maximum Gasteiger partial charge on any atom is 0.433 e. The predicted molar refractivity (Wildman–Crippen MR) is 40.9 cm³/mol. The minimum atomic E-state index is -4.50. The number of hydrogen-bond donors (Lipinski definition) is 2. The van der Waals surface area contributed by atoms with Gasteiger partial charge in [-0.25, -0.2) is 5.84 Å². The summed E-state index contributed by atoms with van der Waals surface area (Å²) in [5.41, 5.74) is 0.702. The Bertz CT molecular complexity index is 333. The van der Waals surface area contributed by atoms with E-state index in [2.05, 4.69) is 4.98 Å². The molecule has 0 aliphatic heterocycles. The van der Waals surface area contributed by atoms with Crippen LogP contribution in [0.4, 0.5) is 13.2 Å². The fourth-order valence-electron chi connectivity index (χ4n) is 0.779. The second-order valence-corrected chi connectivity index (χ2v) is 2.40. The van der Waals surface area contributed by atoms with Gasteiger partial charge in [-0.05, 0) is 12.1 Å². The van der Waals surface area contributed by atoms with Crippen molar-refractivity contribution in [1.29, 1.82) is 0 Å². The van der Waals surface area contributed by atoms with Gasteiger partial charge >= 0.3 is 6.18 Å². The van der Waals surface area contributed by atoms with E-state index < -0.39 is 17.8 Å². The second-order valence-electron chi connectivity index (χ2n) is 2.40. The second kappa shape index (κ2) is 3.62. The summed E-state index contributed by atoms with van der Waals surface area (Å²) in [5, 5.41) is 0. The molecule has 0 saturated heterocycles. The van der Waals surface area contributed by atoms with Crippen molar-refractivity contribution in [2.75, 3.05) is 0 Å². The molecule has 0 saturated carbocycles. The summed E-state index contributed by atoms with van der Waals surface area (Å²) in [4.78, 5) is 13.9. The molecule has 0 aromatic carbocycles. The van der Waals surface area contributed by atoms with Gasteiger partial charge in [0, 0.05) is 6.20 Å². The number of hydrazine groups is 1. The molecule has 1 rings (SSSR count). The molecular formula is C7H6F3N3O. The van der Waals surface area contributed by atoms with Crippen LogP contribution in [0, 0.1) is 0 Å². The van der Waals surface area contributed by atoms with Crippen molar-refractivity contribution in [3.8, 4) is 0 Å². The van der Waals surface area contributed by atoms with Crippen LogP contribution in [0.3, 0.4) is 0 Å². The zero-order valence-corrected chi connectivity index (χ0v) is 6.80. The van der Waals surface area contributed by atoms with Crippen LogP contribution in [-0.4, -0.2) is 10.9 Å². The normalized spacial score (nSPS) is 11.1. The average molecular weight is 205 g/mol. The molecule has 0 fully saturated rings. The summed E-state index contributed by atoms with van der Waals surface area (Å²) in [6, 6.07) is 1.71. The molecular weight excluding hydrogens is 199 g/mol. The van der Waals surface area contributed by atoms with Crippen molar-refractivity contribution in [2.45, 2.75) is 6.18 Å². The van der Waals surface area contributed by atoms with Gasteiger partial charge in [-0.15, -0.1) is 0 Å². The number of amides is 1. The molecule has 0 aliphatic rings. The number of nitrogens with one attached hydrogen (secondary N) is 1. The van der Waals surface area contributed by atoms with Gasteiger partial charge in [0.1, 0.15) is 5.69 Å². The van der Waals surface area contributed by atoms with E-state index in [-0.39, 0.29) is 5.56 Å². The van der Waals surface area contributed by atoms with E-state index in [4.69, 9.17) is 5.84 Å². The fraction of sp³-hybridized carbons (Fsp3) is 0.143. The number of alkyl halides is 3. The smallest absolute Gasteiger partial charge is 0.290 e. The number of rotatable bonds is 1. The first-order valence-electron chi connectivity index (χ1n) is 3.49. The zero-order chi connectivity index (χ0) is 10.8. The lowest BCUT2D eigenvalue weighted by molar-refractivity contribution is -0.141. The Hall–Kier alpha value is -1.63. The molecule has 0 aliphatic carbocycles. The number of pyridine rings is 1. The molecule has 0 atom stereocenters. The molecule has 0 radical (unpaired) electrons. The fourth-order valence-corrected chi connectivity index (χ4v) is 0.779. The molecule has 3 N–H and O–H groups in total. The summed E-state index contributed by atoms with van der Waals surface area (Å²) in [6.45, 7) is 0. The van der Waals surface area contributed by atoms with Gasteiger partial charge in [-0.1, -0.05) is 0 Å². The minimum Gasteiger partial charge on any atom is -0.290 e. The Kier molecular flexibility index (Phi) is 2.70. The van der Waals surface area contributed by atoms with Crippen molar-refractivity contribution in [1.82, 2.24) is 10.4 Å². The SMILES string of the molecule is NNC(=O)c1ccc(C(F)(F)F)nc1. The number of nitrogen functional groups attached to an aromatic ring is 1. The Morgan fingerprint density at radius 3 is 2.43 bits per heavy atom. The molecule has 0 spiro atoms. The maximum absolute atomic E-state index is 12.0. The lowest BCUT2D eigenvalue weighted by atomic mass is 10.2. The van der Waals surface area contributed by atoms with E-state index >= 15 is 0 Å². The lowest BCUT2D eigenvalue weighted by Crippen LogP contribution is -2.30. The molecule has 1 aromatic heterocycles. The van der Waals surface area contributed by atoms with Gasteiger partial charge in [0.05, 0.1) is 5.56 Å². The van der Waals surface area contributed by atoms with Crippen molar-refractivity contribution in [3.63, 3.8) is 0 Å². The Labute approximate surface area is 76.9 Å². The van der Waals surface area contributed by atoms with Crippen LogP contribution in [0.1, 0.15) is 16.1 Å². The Morgan fingerprint density at radius 2 is 2.07 bits per heavy atom. The van der Waals surface area contributed by atoms with Crippen molar-refractivity contribution >= 4 is 5.91 Å². The third-order valence-electron chi connectivity index (χ3n) is 1.45. The average Bonchev–Trinajstić information content (AvgIpc) is 2.15. The van der Waals surface area contributed by atoms with Crippen molar-refractivity contribution in [3.05, 3.63) is 29.6 Å².